The number of H-pyrrole nitrogens is 1. The SMILES string of the molecule is CCCc1[nH]c2cccc3c2c1C[C@H]1NC[C@H](CO)CC31. The monoisotopic (exact) mass is 284 g/mol. The predicted octanol–water partition coefficient (Wildman–Crippen LogP) is 2.73. The molecule has 2 aromatic rings. The Morgan fingerprint density at radius 3 is 3.05 bits per heavy atom. The largest absolute Gasteiger partial charge is 0.396 e. The lowest BCUT2D eigenvalue weighted by Gasteiger charge is -2.40. The van der Waals surface area contributed by atoms with Crippen LogP contribution in [0.2, 0.25) is 0 Å². The van der Waals surface area contributed by atoms with Gasteiger partial charge in [0.25, 0.3) is 0 Å². The van der Waals surface area contributed by atoms with Crippen LogP contribution in [-0.4, -0.2) is 29.3 Å². The summed E-state index contributed by atoms with van der Waals surface area (Å²) >= 11 is 0. The van der Waals surface area contributed by atoms with Crippen LogP contribution < -0.4 is 5.32 Å². The molecule has 3 atom stereocenters. The number of aryl methyl sites for hydroxylation is 1. The van der Waals surface area contributed by atoms with E-state index in [1.807, 2.05) is 0 Å². The zero-order valence-corrected chi connectivity index (χ0v) is 12.7. The van der Waals surface area contributed by atoms with Gasteiger partial charge < -0.3 is 15.4 Å². The molecule has 1 aromatic carbocycles. The van der Waals surface area contributed by atoms with E-state index in [9.17, 15) is 5.11 Å². The van der Waals surface area contributed by atoms with Crippen LogP contribution in [0.15, 0.2) is 18.2 Å². The van der Waals surface area contributed by atoms with E-state index >= 15 is 0 Å². The molecule has 0 amide bonds. The first kappa shape index (κ1) is 13.4. The van der Waals surface area contributed by atoms with E-state index in [0.29, 0.717) is 24.5 Å². The smallest absolute Gasteiger partial charge is 0.0471 e. The van der Waals surface area contributed by atoms with E-state index in [1.165, 1.54) is 28.6 Å². The molecule has 3 N–H and O–H groups in total. The Morgan fingerprint density at radius 1 is 1.33 bits per heavy atom. The molecule has 0 spiro atoms. The van der Waals surface area contributed by atoms with Crippen LogP contribution in [0.4, 0.5) is 0 Å². The van der Waals surface area contributed by atoms with Crippen LogP contribution in [0.3, 0.4) is 0 Å². The number of aromatic nitrogens is 1. The van der Waals surface area contributed by atoms with Gasteiger partial charge in [-0.1, -0.05) is 25.5 Å². The molecule has 4 rings (SSSR count). The number of benzene rings is 1. The highest BCUT2D eigenvalue weighted by Crippen LogP contribution is 2.43. The number of aliphatic hydroxyl groups excluding tert-OH is 1. The van der Waals surface area contributed by atoms with Crippen LogP contribution in [-0.2, 0) is 12.8 Å². The predicted molar refractivity (Wildman–Crippen MR) is 85.7 cm³/mol. The summed E-state index contributed by atoms with van der Waals surface area (Å²) in [6.07, 6.45) is 4.57. The molecule has 1 aromatic heterocycles. The van der Waals surface area contributed by atoms with Crippen molar-refractivity contribution in [2.75, 3.05) is 13.2 Å². The van der Waals surface area contributed by atoms with Crippen molar-refractivity contribution >= 4 is 10.9 Å². The number of aromatic amines is 1. The van der Waals surface area contributed by atoms with Gasteiger partial charge in [-0.15, -0.1) is 0 Å². The van der Waals surface area contributed by atoms with Crippen molar-refractivity contribution in [3.8, 4) is 0 Å². The molecule has 1 aliphatic heterocycles. The molecule has 21 heavy (non-hydrogen) atoms. The topological polar surface area (TPSA) is 48.0 Å². The molecule has 2 aliphatic rings. The summed E-state index contributed by atoms with van der Waals surface area (Å²) in [7, 11) is 0. The Kier molecular flexibility index (Phi) is 3.27. The van der Waals surface area contributed by atoms with Crippen molar-refractivity contribution in [1.29, 1.82) is 0 Å². The average Bonchev–Trinajstić information content (AvgIpc) is 2.87. The first-order valence-electron chi connectivity index (χ1n) is 8.28. The van der Waals surface area contributed by atoms with Gasteiger partial charge in [0.1, 0.15) is 0 Å². The molecular formula is C18H24N2O. The Balaban J connectivity index is 1.84. The summed E-state index contributed by atoms with van der Waals surface area (Å²) < 4.78 is 0. The average molecular weight is 284 g/mol. The second-order valence-electron chi connectivity index (χ2n) is 6.71. The minimum absolute atomic E-state index is 0.299. The lowest BCUT2D eigenvalue weighted by molar-refractivity contribution is 0.168. The van der Waals surface area contributed by atoms with Crippen LogP contribution >= 0.6 is 0 Å². The molecule has 1 unspecified atom stereocenters. The van der Waals surface area contributed by atoms with Crippen molar-refractivity contribution < 1.29 is 5.11 Å². The van der Waals surface area contributed by atoms with Crippen LogP contribution in [0.25, 0.3) is 10.9 Å². The second-order valence-corrected chi connectivity index (χ2v) is 6.71. The molecule has 112 valence electrons. The van der Waals surface area contributed by atoms with Gasteiger partial charge in [0.15, 0.2) is 0 Å². The zero-order valence-electron chi connectivity index (χ0n) is 12.7. The van der Waals surface area contributed by atoms with E-state index in [0.717, 1.165) is 25.8 Å². The second kappa shape index (κ2) is 5.15. The fraction of sp³-hybridized carbons (Fsp3) is 0.556. The molecule has 3 heteroatoms. The van der Waals surface area contributed by atoms with Gasteiger partial charge in [-0.2, -0.15) is 0 Å². The van der Waals surface area contributed by atoms with Gasteiger partial charge in [0.05, 0.1) is 0 Å². The Bertz CT molecular complexity index is 661. The van der Waals surface area contributed by atoms with Gasteiger partial charge in [-0.05, 0) is 42.4 Å². The third kappa shape index (κ3) is 2.02. The van der Waals surface area contributed by atoms with Crippen molar-refractivity contribution in [2.45, 2.75) is 44.6 Å². The van der Waals surface area contributed by atoms with Gasteiger partial charge in [-0.3, -0.25) is 0 Å². The number of fused-ring (bicyclic) bond motifs is 2. The van der Waals surface area contributed by atoms with Crippen molar-refractivity contribution in [1.82, 2.24) is 10.3 Å². The summed E-state index contributed by atoms with van der Waals surface area (Å²) in [5.41, 5.74) is 5.77. The molecule has 1 saturated heterocycles. The van der Waals surface area contributed by atoms with E-state index < -0.39 is 0 Å². The summed E-state index contributed by atoms with van der Waals surface area (Å²) in [6, 6.07) is 7.23. The summed E-state index contributed by atoms with van der Waals surface area (Å²) in [6.45, 7) is 3.50. The van der Waals surface area contributed by atoms with Gasteiger partial charge in [-0.25, -0.2) is 0 Å². The highest BCUT2D eigenvalue weighted by molar-refractivity contribution is 5.89. The summed E-state index contributed by atoms with van der Waals surface area (Å²) in [5, 5.41) is 14.7. The number of hydrogen-bond acceptors (Lipinski definition) is 2. The molecule has 2 heterocycles. The number of rotatable bonds is 3. The number of nitrogens with one attached hydrogen (secondary N) is 2. The minimum Gasteiger partial charge on any atom is -0.396 e. The maximum absolute atomic E-state index is 9.50. The minimum atomic E-state index is 0.299. The van der Waals surface area contributed by atoms with Gasteiger partial charge in [0, 0.05) is 41.7 Å². The van der Waals surface area contributed by atoms with Crippen LogP contribution in [0, 0.1) is 5.92 Å². The highest BCUT2D eigenvalue weighted by Gasteiger charge is 2.36. The maximum atomic E-state index is 9.50. The quantitative estimate of drug-likeness (QED) is 0.811. The van der Waals surface area contributed by atoms with Crippen molar-refractivity contribution in [3.05, 3.63) is 35.0 Å². The normalized spacial score (nSPS) is 27.8. The molecule has 1 fully saturated rings. The summed E-state index contributed by atoms with van der Waals surface area (Å²) in [5.74, 6) is 0.953. The summed E-state index contributed by atoms with van der Waals surface area (Å²) in [4.78, 5) is 3.65. The number of aliphatic hydroxyl groups is 1. The fourth-order valence-electron chi connectivity index (χ4n) is 4.38. The number of hydrogen-bond donors (Lipinski definition) is 3. The van der Waals surface area contributed by atoms with Gasteiger partial charge in [0.2, 0.25) is 0 Å². The van der Waals surface area contributed by atoms with E-state index in [1.54, 1.807) is 5.56 Å². The Hall–Kier alpha value is -1.32. The Morgan fingerprint density at radius 2 is 2.24 bits per heavy atom. The molecule has 1 aliphatic carbocycles. The van der Waals surface area contributed by atoms with Crippen LogP contribution in [0.5, 0.6) is 0 Å². The molecule has 0 bridgehead atoms. The van der Waals surface area contributed by atoms with E-state index in [-0.39, 0.29) is 0 Å². The van der Waals surface area contributed by atoms with E-state index in [4.69, 9.17) is 0 Å². The van der Waals surface area contributed by atoms with Gasteiger partial charge >= 0.3 is 0 Å². The lowest BCUT2D eigenvalue weighted by Crippen LogP contribution is -2.47. The third-order valence-corrected chi connectivity index (χ3v) is 5.37. The first-order valence-corrected chi connectivity index (χ1v) is 8.28. The maximum Gasteiger partial charge on any atom is 0.0471 e. The third-order valence-electron chi connectivity index (χ3n) is 5.37. The fourth-order valence-corrected chi connectivity index (χ4v) is 4.38. The van der Waals surface area contributed by atoms with Crippen molar-refractivity contribution in [3.63, 3.8) is 0 Å². The standard InChI is InChI=1S/C18H24N2O/c1-2-4-15-14-8-17-13(7-11(10-21)9-19-17)12-5-3-6-16(20-15)18(12)14/h3,5-6,11,13,17,19-21H,2,4,7-10H2,1H3/t11-,13?,17-/m1/s1. The molecule has 0 saturated carbocycles. The Labute approximate surface area is 125 Å². The van der Waals surface area contributed by atoms with Crippen LogP contribution in [0.1, 0.15) is 42.5 Å². The van der Waals surface area contributed by atoms with Crippen molar-refractivity contribution in [2.24, 2.45) is 5.92 Å². The molecule has 0 radical (unpaired) electrons. The lowest BCUT2D eigenvalue weighted by atomic mass is 9.73. The molecule has 3 nitrogen and oxygen atoms in total. The molecular weight excluding hydrogens is 260 g/mol. The highest BCUT2D eigenvalue weighted by atomic mass is 16.3. The van der Waals surface area contributed by atoms with E-state index in [2.05, 4.69) is 35.4 Å². The first-order chi connectivity index (χ1) is 10.3. The number of piperidine rings is 1. The zero-order chi connectivity index (χ0) is 14.4.